The van der Waals surface area contributed by atoms with Crippen LogP contribution in [0.15, 0.2) is 0 Å². The Bertz CT molecular complexity index is 205. The minimum absolute atomic E-state index is 0.0630. The summed E-state index contributed by atoms with van der Waals surface area (Å²) in [5, 5.41) is 17.2. The molecule has 0 heterocycles. The van der Waals surface area contributed by atoms with E-state index in [1.807, 2.05) is 0 Å². The highest BCUT2D eigenvalue weighted by Gasteiger charge is 2.22. The zero-order valence-corrected chi connectivity index (χ0v) is 8.40. The molecule has 0 fully saturated rings. The highest BCUT2D eigenvalue weighted by Crippen LogP contribution is 2.10. The second kappa shape index (κ2) is 7.30. The monoisotopic (exact) mass is 201 g/mol. The van der Waals surface area contributed by atoms with E-state index >= 15 is 0 Å². The number of ether oxygens (including phenoxy) is 2. The zero-order chi connectivity index (χ0) is 11.0. The van der Waals surface area contributed by atoms with Gasteiger partial charge in [-0.3, -0.25) is 4.79 Å². The third kappa shape index (κ3) is 4.80. The van der Waals surface area contributed by atoms with Crippen molar-refractivity contribution in [3.63, 3.8) is 0 Å². The second-order valence-electron chi connectivity index (χ2n) is 2.60. The Labute approximate surface area is 83.2 Å². The molecule has 0 aromatic heterocycles. The molecule has 5 heteroatoms. The van der Waals surface area contributed by atoms with Gasteiger partial charge >= 0.3 is 5.97 Å². The predicted molar refractivity (Wildman–Crippen MR) is 48.4 cm³/mol. The summed E-state index contributed by atoms with van der Waals surface area (Å²) in [5.74, 6) is -2.21. The summed E-state index contributed by atoms with van der Waals surface area (Å²) in [7, 11) is 0. The van der Waals surface area contributed by atoms with Crippen molar-refractivity contribution in [3.8, 4) is 6.07 Å². The van der Waals surface area contributed by atoms with Crippen molar-refractivity contribution in [1.29, 1.82) is 5.26 Å². The summed E-state index contributed by atoms with van der Waals surface area (Å²) in [5.41, 5.74) is 0. The summed E-state index contributed by atoms with van der Waals surface area (Å²) >= 11 is 0. The summed E-state index contributed by atoms with van der Waals surface area (Å²) in [4.78, 5) is 10.5. The van der Waals surface area contributed by atoms with Gasteiger partial charge in [0, 0.05) is 19.6 Å². The van der Waals surface area contributed by atoms with Gasteiger partial charge in [0.05, 0.1) is 6.07 Å². The standard InChI is InChI=1S/C9H15NO4/c1-3-13-8(14-4-2)5-7(6-10)9(11)12/h7-8H,3-5H2,1-2H3,(H,11,12). The van der Waals surface area contributed by atoms with Crippen LogP contribution < -0.4 is 0 Å². The SMILES string of the molecule is CCOC(CC(C#N)C(=O)O)OCC. The number of nitrogens with zero attached hydrogens (tertiary/aromatic N) is 1. The summed E-state index contributed by atoms with van der Waals surface area (Å²) in [6.45, 7) is 4.44. The van der Waals surface area contributed by atoms with Crippen LogP contribution in [0.2, 0.25) is 0 Å². The van der Waals surface area contributed by atoms with Crippen LogP contribution in [-0.2, 0) is 14.3 Å². The molecule has 0 rings (SSSR count). The Hall–Kier alpha value is -1.12. The number of rotatable bonds is 7. The maximum Gasteiger partial charge on any atom is 0.321 e. The first kappa shape index (κ1) is 12.9. The minimum Gasteiger partial charge on any atom is -0.480 e. The third-order valence-electron chi connectivity index (χ3n) is 1.59. The Kier molecular flexibility index (Phi) is 6.72. The van der Waals surface area contributed by atoms with Crippen molar-refractivity contribution >= 4 is 5.97 Å². The lowest BCUT2D eigenvalue weighted by atomic mass is 10.1. The van der Waals surface area contributed by atoms with E-state index in [-0.39, 0.29) is 6.42 Å². The van der Waals surface area contributed by atoms with Crippen LogP contribution >= 0.6 is 0 Å². The van der Waals surface area contributed by atoms with Crippen molar-refractivity contribution in [2.24, 2.45) is 5.92 Å². The average Bonchev–Trinajstić information content (AvgIpc) is 2.14. The molecule has 1 atom stereocenters. The van der Waals surface area contributed by atoms with Crippen molar-refractivity contribution in [2.75, 3.05) is 13.2 Å². The van der Waals surface area contributed by atoms with Gasteiger partial charge in [-0.05, 0) is 13.8 Å². The molecule has 0 spiro atoms. The number of nitriles is 1. The van der Waals surface area contributed by atoms with Gasteiger partial charge in [0.15, 0.2) is 6.29 Å². The van der Waals surface area contributed by atoms with Crippen LogP contribution in [0.5, 0.6) is 0 Å². The molecule has 14 heavy (non-hydrogen) atoms. The molecule has 0 aromatic carbocycles. The first-order valence-electron chi connectivity index (χ1n) is 4.51. The van der Waals surface area contributed by atoms with Gasteiger partial charge in [-0.1, -0.05) is 0 Å². The van der Waals surface area contributed by atoms with E-state index in [9.17, 15) is 4.79 Å². The maximum absolute atomic E-state index is 10.5. The van der Waals surface area contributed by atoms with Crippen LogP contribution in [0.25, 0.3) is 0 Å². The molecular formula is C9H15NO4. The molecule has 80 valence electrons. The summed E-state index contributed by atoms with van der Waals surface area (Å²) in [6, 6.07) is 1.69. The fourth-order valence-corrected chi connectivity index (χ4v) is 0.957. The molecule has 0 aliphatic rings. The van der Waals surface area contributed by atoms with Gasteiger partial charge in [-0.15, -0.1) is 0 Å². The van der Waals surface area contributed by atoms with E-state index in [0.29, 0.717) is 13.2 Å². The van der Waals surface area contributed by atoms with E-state index in [0.717, 1.165) is 0 Å². The lowest BCUT2D eigenvalue weighted by Gasteiger charge is -2.17. The van der Waals surface area contributed by atoms with Crippen LogP contribution in [0.3, 0.4) is 0 Å². The summed E-state index contributed by atoms with van der Waals surface area (Å²) in [6.07, 6.45) is -0.543. The lowest BCUT2D eigenvalue weighted by Crippen LogP contribution is -2.24. The van der Waals surface area contributed by atoms with Crippen LogP contribution in [0.1, 0.15) is 20.3 Å². The number of hydrogen-bond donors (Lipinski definition) is 1. The van der Waals surface area contributed by atoms with E-state index in [1.54, 1.807) is 19.9 Å². The minimum atomic E-state index is -1.14. The number of carboxylic acid groups (broad SMARTS) is 1. The number of carboxylic acids is 1. The fraction of sp³-hybridized carbons (Fsp3) is 0.778. The molecule has 0 aromatic rings. The van der Waals surface area contributed by atoms with Crippen molar-refractivity contribution in [3.05, 3.63) is 0 Å². The van der Waals surface area contributed by atoms with E-state index in [1.165, 1.54) is 0 Å². The normalized spacial score (nSPS) is 12.4. The van der Waals surface area contributed by atoms with Crippen LogP contribution in [-0.4, -0.2) is 30.6 Å². The van der Waals surface area contributed by atoms with Gasteiger partial charge < -0.3 is 14.6 Å². The smallest absolute Gasteiger partial charge is 0.321 e. The van der Waals surface area contributed by atoms with Gasteiger partial charge in [-0.2, -0.15) is 5.26 Å². The van der Waals surface area contributed by atoms with Gasteiger partial charge in [-0.25, -0.2) is 0 Å². The van der Waals surface area contributed by atoms with E-state index in [4.69, 9.17) is 19.8 Å². The van der Waals surface area contributed by atoms with Crippen molar-refractivity contribution in [2.45, 2.75) is 26.6 Å². The first-order chi connectivity index (χ1) is 6.65. The number of carbonyl (C=O) groups is 1. The van der Waals surface area contributed by atoms with Crippen LogP contribution in [0.4, 0.5) is 0 Å². The highest BCUT2D eigenvalue weighted by molar-refractivity contribution is 5.72. The fourth-order valence-electron chi connectivity index (χ4n) is 0.957. The molecule has 0 saturated carbocycles. The number of aliphatic carboxylic acids is 1. The maximum atomic E-state index is 10.5. The molecule has 0 aliphatic carbocycles. The van der Waals surface area contributed by atoms with Crippen molar-refractivity contribution < 1.29 is 19.4 Å². The quantitative estimate of drug-likeness (QED) is 0.621. The Morgan fingerprint density at radius 1 is 1.43 bits per heavy atom. The molecule has 0 saturated heterocycles. The molecule has 1 unspecified atom stereocenters. The van der Waals surface area contributed by atoms with Crippen molar-refractivity contribution in [1.82, 2.24) is 0 Å². The van der Waals surface area contributed by atoms with Gasteiger partial charge in [0.1, 0.15) is 5.92 Å². The van der Waals surface area contributed by atoms with Gasteiger partial charge in [0.2, 0.25) is 0 Å². The average molecular weight is 201 g/mol. The Balaban J connectivity index is 4.12. The second-order valence-corrected chi connectivity index (χ2v) is 2.60. The lowest BCUT2D eigenvalue weighted by molar-refractivity contribution is -0.157. The Morgan fingerprint density at radius 2 is 1.93 bits per heavy atom. The zero-order valence-electron chi connectivity index (χ0n) is 8.40. The molecule has 0 aliphatic heterocycles. The van der Waals surface area contributed by atoms with E-state index < -0.39 is 18.2 Å². The van der Waals surface area contributed by atoms with Crippen LogP contribution in [0, 0.1) is 17.2 Å². The molecule has 0 amide bonds. The topological polar surface area (TPSA) is 79.5 Å². The summed E-state index contributed by atoms with van der Waals surface area (Å²) < 4.78 is 10.3. The molecule has 0 bridgehead atoms. The predicted octanol–water partition coefficient (Wildman–Crippen LogP) is 1.000. The van der Waals surface area contributed by atoms with Gasteiger partial charge in [0.25, 0.3) is 0 Å². The Morgan fingerprint density at radius 3 is 2.21 bits per heavy atom. The third-order valence-corrected chi connectivity index (χ3v) is 1.59. The molecule has 1 N–H and O–H groups in total. The first-order valence-corrected chi connectivity index (χ1v) is 4.51. The molecule has 5 nitrogen and oxygen atoms in total. The number of hydrogen-bond acceptors (Lipinski definition) is 4. The highest BCUT2D eigenvalue weighted by atomic mass is 16.7. The molecule has 0 radical (unpaired) electrons. The largest absolute Gasteiger partial charge is 0.480 e. The van der Waals surface area contributed by atoms with E-state index in [2.05, 4.69) is 0 Å². The molecular weight excluding hydrogens is 186 g/mol.